The highest BCUT2D eigenvalue weighted by atomic mass is 35.5. The predicted molar refractivity (Wildman–Crippen MR) is 96.7 cm³/mol. The van der Waals surface area contributed by atoms with E-state index < -0.39 is 0 Å². The maximum absolute atomic E-state index is 6.21. The first-order valence-electron chi connectivity index (χ1n) is 7.95. The molecule has 1 unspecified atom stereocenters. The molecule has 0 saturated carbocycles. The van der Waals surface area contributed by atoms with E-state index in [0.29, 0.717) is 12.1 Å². The maximum Gasteiger partial charge on any atom is 0.128 e. The third kappa shape index (κ3) is 4.58. The second-order valence-corrected chi connectivity index (χ2v) is 7.32. The summed E-state index contributed by atoms with van der Waals surface area (Å²) in [4.78, 5) is 9.27. The molecule has 126 valence electrons. The molecule has 1 aliphatic rings. The van der Waals surface area contributed by atoms with Crippen LogP contribution >= 0.6 is 12.4 Å². The molecule has 1 saturated heterocycles. The van der Waals surface area contributed by atoms with Crippen LogP contribution in [0.25, 0.3) is 0 Å². The maximum atomic E-state index is 6.21. The van der Waals surface area contributed by atoms with Gasteiger partial charge in [-0.1, -0.05) is 19.9 Å². The molecule has 1 aliphatic heterocycles. The van der Waals surface area contributed by atoms with Crippen LogP contribution in [0.1, 0.15) is 39.7 Å². The smallest absolute Gasteiger partial charge is 0.128 e. The summed E-state index contributed by atoms with van der Waals surface area (Å²) in [5.74, 6) is 1.04. The monoisotopic (exact) mass is 326 g/mol. The van der Waals surface area contributed by atoms with E-state index in [0.717, 1.165) is 31.9 Å². The normalized spacial score (nSPS) is 21.5. The summed E-state index contributed by atoms with van der Waals surface area (Å²) in [6, 6.07) is 5.10. The molecule has 1 atom stereocenters. The first kappa shape index (κ1) is 19.2. The predicted octanol–water partition coefficient (Wildman–Crippen LogP) is 2.91. The first-order valence-corrected chi connectivity index (χ1v) is 7.95. The summed E-state index contributed by atoms with van der Waals surface area (Å²) in [7, 11) is 2.08. The number of anilines is 1. The van der Waals surface area contributed by atoms with Gasteiger partial charge in [0.15, 0.2) is 0 Å². The third-order valence-corrected chi connectivity index (χ3v) is 4.74. The summed E-state index contributed by atoms with van der Waals surface area (Å²) in [6.07, 6.45) is 3.09. The van der Waals surface area contributed by atoms with Gasteiger partial charge in [-0.05, 0) is 37.3 Å². The van der Waals surface area contributed by atoms with Crippen LogP contribution < -0.4 is 10.6 Å². The van der Waals surface area contributed by atoms with Crippen molar-refractivity contribution < 1.29 is 0 Å². The molecule has 4 nitrogen and oxygen atoms in total. The van der Waals surface area contributed by atoms with E-state index in [9.17, 15) is 0 Å². The van der Waals surface area contributed by atoms with E-state index in [-0.39, 0.29) is 17.8 Å². The highest BCUT2D eigenvalue weighted by Crippen LogP contribution is 2.28. The SMILES string of the molecule is CC(C)N(C)c1ccc(CN2CCC(N)C(C)(C)C2)cn1.Cl. The van der Waals surface area contributed by atoms with Crippen LogP contribution in [0.4, 0.5) is 5.82 Å². The molecule has 5 heteroatoms. The molecule has 1 fully saturated rings. The summed E-state index contributed by atoms with van der Waals surface area (Å²) in [5, 5.41) is 0. The Hall–Kier alpha value is -0.840. The van der Waals surface area contributed by atoms with E-state index in [1.807, 2.05) is 6.20 Å². The number of piperidine rings is 1. The Morgan fingerprint density at radius 2 is 2.09 bits per heavy atom. The minimum absolute atomic E-state index is 0. The highest BCUT2D eigenvalue weighted by molar-refractivity contribution is 5.85. The average molecular weight is 327 g/mol. The van der Waals surface area contributed by atoms with Gasteiger partial charge in [-0.25, -0.2) is 4.98 Å². The Labute approximate surface area is 141 Å². The lowest BCUT2D eigenvalue weighted by atomic mass is 9.79. The molecule has 22 heavy (non-hydrogen) atoms. The Balaban J connectivity index is 0.00000242. The van der Waals surface area contributed by atoms with Gasteiger partial charge in [0, 0.05) is 45.0 Å². The summed E-state index contributed by atoms with van der Waals surface area (Å²) in [5.41, 5.74) is 7.68. The van der Waals surface area contributed by atoms with Crippen molar-refractivity contribution in [3.63, 3.8) is 0 Å². The molecule has 2 heterocycles. The molecule has 1 aromatic heterocycles. The van der Waals surface area contributed by atoms with E-state index in [4.69, 9.17) is 5.73 Å². The van der Waals surface area contributed by atoms with Gasteiger partial charge < -0.3 is 10.6 Å². The third-order valence-electron chi connectivity index (χ3n) is 4.74. The zero-order chi connectivity index (χ0) is 15.6. The Bertz CT molecular complexity index is 458. The van der Waals surface area contributed by atoms with Crippen molar-refractivity contribution >= 4 is 18.2 Å². The van der Waals surface area contributed by atoms with Crippen molar-refractivity contribution in [3.8, 4) is 0 Å². The molecule has 0 aromatic carbocycles. The van der Waals surface area contributed by atoms with Gasteiger partial charge in [-0.3, -0.25) is 4.90 Å². The van der Waals surface area contributed by atoms with Gasteiger partial charge in [0.2, 0.25) is 0 Å². The summed E-state index contributed by atoms with van der Waals surface area (Å²) in [6.45, 7) is 12.0. The largest absolute Gasteiger partial charge is 0.357 e. The molecular formula is C17H31ClN4. The zero-order valence-electron chi connectivity index (χ0n) is 14.5. The number of aromatic nitrogens is 1. The van der Waals surface area contributed by atoms with E-state index in [1.165, 1.54) is 5.56 Å². The fraction of sp³-hybridized carbons (Fsp3) is 0.706. The van der Waals surface area contributed by atoms with E-state index >= 15 is 0 Å². The molecule has 2 rings (SSSR count). The zero-order valence-corrected chi connectivity index (χ0v) is 15.4. The molecule has 0 radical (unpaired) electrons. The Morgan fingerprint density at radius 1 is 1.41 bits per heavy atom. The Morgan fingerprint density at radius 3 is 2.59 bits per heavy atom. The minimum Gasteiger partial charge on any atom is -0.357 e. The van der Waals surface area contributed by atoms with Gasteiger partial charge in [0.1, 0.15) is 5.82 Å². The number of hydrogen-bond acceptors (Lipinski definition) is 4. The van der Waals surface area contributed by atoms with E-state index in [1.54, 1.807) is 0 Å². The van der Waals surface area contributed by atoms with Crippen molar-refractivity contribution in [1.29, 1.82) is 0 Å². The average Bonchev–Trinajstić information content (AvgIpc) is 2.42. The number of nitrogens with two attached hydrogens (primary N) is 1. The standard InChI is InChI=1S/C17H30N4.ClH/c1-13(2)20(5)16-7-6-14(10-19-16)11-21-9-8-15(18)17(3,4)12-21;/h6-7,10,13,15H,8-9,11-12,18H2,1-5H3;1H. The highest BCUT2D eigenvalue weighted by Gasteiger charge is 2.33. The number of pyridine rings is 1. The van der Waals surface area contributed by atoms with Crippen LogP contribution in [0.15, 0.2) is 18.3 Å². The van der Waals surface area contributed by atoms with Gasteiger partial charge in [-0.2, -0.15) is 0 Å². The van der Waals surface area contributed by atoms with Gasteiger partial charge >= 0.3 is 0 Å². The van der Waals surface area contributed by atoms with E-state index in [2.05, 4.69) is 61.7 Å². The topological polar surface area (TPSA) is 45.4 Å². The number of likely N-dealkylation sites (tertiary alicyclic amines) is 1. The van der Waals surface area contributed by atoms with Crippen molar-refractivity contribution in [2.75, 3.05) is 25.0 Å². The molecular weight excluding hydrogens is 296 g/mol. The minimum atomic E-state index is 0. The van der Waals surface area contributed by atoms with Crippen LogP contribution in [0, 0.1) is 5.41 Å². The molecule has 2 N–H and O–H groups in total. The number of rotatable bonds is 4. The Kier molecular flexibility index (Phi) is 6.65. The van der Waals surface area contributed by atoms with Gasteiger partial charge in [-0.15, -0.1) is 12.4 Å². The van der Waals surface area contributed by atoms with Crippen molar-refractivity contribution in [1.82, 2.24) is 9.88 Å². The number of halogens is 1. The second kappa shape index (κ2) is 7.62. The van der Waals surface area contributed by atoms with Crippen molar-refractivity contribution in [3.05, 3.63) is 23.9 Å². The fourth-order valence-corrected chi connectivity index (χ4v) is 2.86. The van der Waals surface area contributed by atoms with Crippen LogP contribution in [-0.2, 0) is 6.54 Å². The number of nitrogens with zero attached hydrogens (tertiary/aromatic N) is 3. The van der Waals surface area contributed by atoms with Crippen LogP contribution in [0.2, 0.25) is 0 Å². The molecule has 0 amide bonds. The first-order chi connectivity index (χ1) is 9.79. The molecule has 0 spiro atoms. The lowest BCUT2D eigenvalue weighted by Gasteiger charge is -2.42. The van der Waals surface area contributed by atoms with Crippen LogP contribution in [0.3, 0.4) is 0 Å². The van der Waals surface area contributed by atoms with Gasteiger partial charge in [0.05, 0.1) is 0 Å². The van der Waals surface area contributed by atoms with Crippen molar-refractivity contribution in [2.24, 2.45) is 11.1 Å². The quantitative estimate of drug-likeness (QED) is 0.924. The molecule has 0 aliphatic carbocycles. The lowest BCUT2D eigenvalue weighted by Crippen LogP contribution is -2.52. The van der Waals surface area contributed by atoms with Crippen LogP contribution in [0.5, 0.6) is 0 Å². The number of hydrogen-bond donors (Lipinski definition) is 1. The lowest BCUT2D eigenvalue weighted by molar-refractivity contribution is 0.0898. The molecule has 0 bridgehead atoms. The summed E-state index contributed by atoms with van der Waals surface area (Å²) >= 11 is 0. The fourth-order valence-electron chi connectivity index (χ4n) is 2.86. The summed E-state index contributed by atoms with van der Waals surface area (Å²) < 4.78 is 0. The van der Waals surface area contributed by atoms with Crippen molar-refractivity contribution in [2.45, 2.75) is 52.7 Å². The second-order valence-electron chi connectivity index (χ2n) is 7.32. The van der Waals surface area contributed by atoms with Crippen LogP contribution in [-0.4, -0.2) is 42.1 Å². The molecule has 1 aromatic rings. The van der Waals surface area contributed by atoms with Gasteiger partial charge in [0.25, 0.3) is 0 Å².